The Morgan fingerprint density at radius 2 is 1.76 bits per heavy atom. The molecule has 10 atom stereocenters. The maximum Gasteiger partial charge on any atom is 0.0659 e. The van der Waals surface area contributed by atoms with E-state index in [0.717, 1.165) is 49.8 Å². The summed E-state index contributed by atoms with van der Waals surface area (Å²) in [5, 5.41) is 28.3. The molecule has 0 aliphatic heterocycles. The molecule has 0 aromatic carbocycles. The highest BCUT2D eigenvalue weighted by Gasteiger charge is 2.62. The van der Waals surface area contributed by atoms with E-state index in [-0.39, 0.29) is 30.1 Å². The molecule has 0 spiro atoms. The van der Waals surface area contributed by atoms with Crippen LogP contribution < -0.4 is 5.73 Å². The molecule has 0 aromatic heterocycles. The van der Waals surface area contributed by atoms with Gasteiger partial charge in [-0.3, -0.25) is 0 Å². The molecule has 3 fully saturated rings. The van der Waals surface area contributed by atoms with Crippen molar-refractivity contribution < 1.29 is 0 Å². The molecular formula is C34H58N4. The minimum absolute atomic E-state index is 0. The van der Waals surface area contributed by atoms with Crippen molar-refractivity contribution >= 4 is 6.21 Å². The van der Waals surface area contributed by atoms with E-state index in [0.29, 0.717) is 41.4 Å². The maximum absolute atomic E-state index is 10.3. The molecule has 0 aromatic rings. The summed E-state index contributed by atoms with van der Waals surface area (Å²) in [6.07, 6.45) is 12.3. The zero-order valence-electron chi connectivity index (χ0n) is 24.8. The first-order chi connectivity index (χ1) is 17.6. The number of nitrogens with zero attached hydrogens (tertiary/aromatic N) is 2. The van der Waals surface area contributed by atoms with Crippen molar-refractivity contribution in [1.29, 1.82) is 15.9 Å². The summed E-state index contributed by atoms with van der Waals surface area (Å²) in [5.41, 5.74) is 8.69. The molecule has 4 heteroatoms. The average Bonchev–Trinajstić information content (AvgIpc) is 3.22. The first-order valence-electron chi connectivity index (χ1n) is 15.4. The summed E-state index contributed by atoms with van der Waals surface area (Å²) >= 11 is 0. The molecule has 10 unspecified atom stereocenters. The van der Waals surface area contributed by atoms with Gasteiger partial charge in [-0.15, -0.1) is 0 Å². The fourth-order valence-electron chi connectivity index (χ4n) is 9.67. The van der Waals surface area contributed by atoms with Crippen LogP contribution in [0.15, 0.2) is 11.3 Å². The van der Waals surface area contributed by atoms with Gasteiger partial charge in [-0.1, -0.05) is 62.3 Å². The third-order valence-electron chi connectivity index (χ3n) is 11.9. The molecule has 214 valence electrons. The number of allylic oxidation sites excluding steroid dienone is 2. The summed E-state index contributed by atoms with van der Waals surface area (Å²) in [6, 6.07) is 5.49. The molecule has 4 rings (SSSR count). The Morgan fingerprint density at radius 3 is 2.32 bits per heavy atom. The Labute approximate surface area is 235 Å². The molecule has 38 heavy (non-hydrogen) atoms. The van der Waals surface area contributed by atoms with Crippen molar-refractivity contribution in [3.63, 3.8) is 0 Å². The van der Waals surface area contributed by atoms with E-state index in [9.17, 15) is 10.5 Å². The minimum atomic E-state index is 0. The van der Waals surface area contributed by atoms with Crippen molar-refractivity contribution in [2.24, 2.45) is 69.8 Å². The highest BCUT2D eigenvalue weighted by Crippen LogP contribution is 2.69. The number of rotatable bonds is 7. The predicted molar refractivity (Wildman–Crippen MR) is 160 cm³/mol. The summed E-state index contributed by atoms with van der Waals surface area (Å²) in [7, 11) is 0. The SMILES string of the molecule is C.CC.CCC(CC(C#N)CC1CCC2C3C(C#N)CC4CC(N)=C(C=N)CC4(C)C3CCC12C)C(C)C. The van der Waals surface area contributed by atoms with Gasteiger partial charge < -0.3 is 11.1 Å². The van der Waals surface area contributed by atoms with Gasteiger partial charge in [0, 0.05) is 17.8 Å². The smallest absolute Gasteiger partial charge is 0.0659 e. The van der Waals surface area contributed by atoms with Gasteiger partial charge in [-0.25, -0.2) is 0 Å². The Balaban J connectivity index is 0.00000165. The van der Waals surface area contributed by atoms with Crippen molar-refractivity contribution in [1.82, 2.24) is 0 Å². The van der Waals surface area contributed by atoms with Crippen LogP contribution in [0.25, 0.3) is 0 Å². The minimum Gasteiger partial charge on any atom is -0.402 e. The molecule has 0 heterocycles. The predicted octanol–water partition coefficient (Wildman–Crippen LogP) is 9.13. The van der Waals surface area contributed by atoms with E-state index in [1.54, 1.807) is 0 Å². The molecule has 3 N–H and O–H groups in total. The van der Waals surface area contributed by atoms with E-state index in [1.807, 2.05) is 13.8 Å². The van der Waals surface area contributed by atoms with Gasteiger partial charge in [-0.05, 0) is 116 Å². The number of nitrogens with two attached hydrogens (primary N) is 1. The Morgan fingerprint density at radius 1 is 1.11 bits per heavy atom. The normalized spacial score (nSPS) is 39.1. The van der Waals surface area contributed by atoms with Gasteiger partial charge in [0.25, 0.3) is 0 Å². The third kappa shape index (κ3) is 5.58. The molecule has 0 saturated heterocycles. The average molecular weight is 523 g/mol. The first-order valence-corrected chi connectivity index (χ1v) is 15.4. The van der Waals surface area contributed by atoms with Crippen LogP contribution in [0, 0.1) is 92.2 Å². The summed E-state index contributed by atoms with van der Waals surface area (Å²) < 4.78 is 0. The lowest BCUT2D eigenvalue weighted by Gasteiger charge is -2.61. The van der Waals surface area contributed by atoms with Gasteiger partial charge >= 0.3 is 0 Å². The molecular weight excluding hydrogens is 464 g/mol. The summed E-state index contributed by atoms with van der Waals surface area (Å²) in [6.45, 7) is 15.8. The number of nitriles is 2. The largest absolute Gasteiger partial charge is 0.402 e. The van der Waals surface area contributed by atoms with E-state index in [4.69, 9.17) is 11.1 Å². The molecule has 0 amide bonds. The zero-order valence-corrected chi connectivity index (χ0v) is 24.8. The van der Waals surface area contributed by atoms with Crippen molar-refractivity contribution in [2.45, 2.75) is 120 Å². The number of fused-ring (bicyclic) bond motifs is 5. The highest BCUT2D eigenvalue weighted by molar-refractivity contribution is 5.77. The maximum atomic E-state index is 10.3. The molecule has 4 nitrogen and oxygen atoms in total. The second kappa shape index (κ2) is 13.0. The molecule has 0 bridgehead atoms. The Kier molecular flexibility index (Phi) is 11.1. The van der Waals surface area contributed by atoms with Gasteiger partial charge in [0.05, 0.1) is 18.1 Å². The second-order valence-electron chi connectivity index (χ2n) is 13.6. The van der Waals surface area contributed by atoms with Gasteiger partial charge in [0.1, 0.15) is 0 Å². The summed E-state index contributed by atoms with van der Waals surface area (Å²) in [4.78, 5) is 0. The quantitative estimate of drug-likeness (QED) is 0.326. The first kappa shape index (κ1) is 32.4. The zero-order chi connectivity index (χ0) is 27.5. The lowest BCUT2D eigenvalue weighted by Crippen LogP contribution is -2.56. The second-order valence-corrected chi connectivity index (χ2v) is 13.6. The lowest BCUT2D eigenvalue weighted by atomic mass is 9.42. The Bertz CT molecular complexity index is 922. The summed E-state index contributed by atoms with van der Waals surface area (Å²) in [5.74, 6) is 4.19. The molecule has 4 aliphatic carbocycles. The number of nitrogens with one attached hydrogen (secondary N) is 1. The fourth-order valence-corrected chi connectivity index (χ4v) is 9.67. The number of hydrogen-bond acceptors (Lipinski definition) is 4. The molecule has 0 radical (unpaired) electrons. The fraction of sp³-hybridized carbons (Fsp3) is 0.853. The van der Waals surface area contributed by atoms with Gasteiger partial charge in [0.2, 0.25) is 0 Å². The Hall–Kier alpha value is -1.81. The monoisotopic (exact) mass is 522 g/mol. The van der Waals surface area contributed by atoms with Crippen molar-refractivity contribution in [3.8, 4) is 12.1 Å². The van der Waals surface area contributed by atoms with Gasteiger partial charge in [-0.2, -0.15) is 10.5 Å². The van der Waals surface area contributed by atoms with Crippen LogP contribution in [0.1, 0.15) is 120 Å². The van der Waals surface area contributed by atoms with Crippen LogP contribution in [0.4, 0.5) is 0 Å². The lowest BCUT2D eigenvalue weighted by molar-refractivity contribution is -0.116. The van der Waals surface area contributed by atoms with Crippen LogP contribution in [0.2, 0.25) is 0 Å². The molecule has 3 saturated carbocycles. The van der Waals surface area contributed by atoms with E-state index < -0.39 is 0 Å². The number of hydrogen-bond donors (Lipinski definition) is 2. The van der Waals surface area contributed by atoms with Crippen LogP contribution in [-0.4, -0.2) is 6.21 Å². The highest BCUT2D eigenvalue weighted by atomic mass is 14.7. The van der Waals surface area contributed by atoms with Crippen molar-refractivity contribution in [3.05, 3.63) is 11.3 Å². The van der Waals surface area contributed by atoms with E-state index in [2.05, 4.69) is 46.8 Å². The third-order valence-corrected chi connectivity index (χ3v) is 11.9. The van der Waals surface area contributed by atoms with Crippen LogP contribution in [0.3, 0.4) is 0 Å². The topological polar surface area (TPSA) is 97.4 Å². The van der Waals surface area contributed by atoms with E-state index >= 15 is 0 Å². The molecule has 4 aliphatic rings. The van der Waals surface area contributed by atoms with Gasteiger partial charge in [0.15, 0.2) is 0 Å². The van der Waals surface area contributed by atoms with E-state index in [1.165, 1.54) is 31.9 Å². The standard InChI is InChI=1S/C31H48N4.C2H6.CH4/c1-6-21(19(2)3)11-20(16-32)12-24-7-8-26-29-22(17-33)13-25-14-28(35)23(18-34)15-31(25,5)27(29)9-10-30(24,26)4;1-2;/h18-22,24-27,29,34H,6-15,35H2,1-5H3;1-2H3;1H4. The van der Waals surface area contributed by atoms with Crippen molar-refractivity contribution in [2.75, 3.05) is 0 Å². The van der Waals surface area contributed by atoms with Crippen LogP contribution in [-0.2, 0) is 0 Å². The van der Waals surface area contributed by atoms with Crippen LogP contribution >= 0.6 is 0 Å². The van der Waals surface area contributed by atoms with Crippen LogP contribution in [0.5, 0.6) is 0 Å².